The van der Waals surface area contributed by atoms with E-state index in [1.54, 1.807) is 19.1 Å². The molecule has 0 fully saturated rings. The number of hydrogen-bond acceptors (Lipinski definition) is 4. The number of benzene rings is 1. The minimum Gasteiger partial charge on any atom is -0.247 e. The van der Waals surface area contributed by atoms with Crippen molar-refractivity contribution in [1.29, 1.82) is 0 Å². The molecule has 0 aliphatic carbocycles. The number of anilines is 1. The van der Waals surface area contributed by atoms with E-state index in [2.05, 4.69) is 14.7 Å². The zero-order valence-corrected chi connectivity index (χ0v) is 12.1. The lowest BCUT2D eigenvalue weighted by atomic mass is 10.2. The number of sulfonamides is 1. The Balaban J connectivity index is 2.41. The van der Waals surface area contributed by atoms with Crippen LogP contribution >= 0.6 is 23.2 Å². The molecule has 19 heavy (non-hydrogen) atoms. The highest BCUT2D eigenvalue weighted by atomic mass is 35.5. The topological polar surface area (TPSA) is 72.0 Å². The molecule has 1 heterocycles. The molecule has 0 amide bonds. The zero-order chi connectivity index (χ0) is 14.0. The van der Waals surface area contributed by atoms with Crippen LogP contribution in [0.1, 0.15) is 5.56 Å². The Kier molecular flexibility index (Phi) is 3.93. The maximum absolute atomic E-state index is 12.2. The first-order valence-electron chi connectivity index (χ1n) is 5.16. The Morgan fingerprint density at radius 1 is 1.21 bits per heavy atom. The second-order valence-electron chi connectivity index (χ2n) is 3.67. The third-order valence-corrected chi connectivity index (χ3v) is 4.45. The van der Waals surface area contributed by atoms with Crippen LogP contribution in [0.25, 0.3) is 0 Å². The van der Waals surface area contributed by atoms with E-state index in [9.17, 15) is 8.42 Å². The third kappa shape index (κ3) is 3.15. The highest BCUT2D eigenvalue weighted by Gasteiger charge is 2.19. The van der Waals surface area contributed by atoms with E-state index in [-0.39, 0.29) is 16.0 Å². The van der Waals surface area contributed by atoms with Gasteiger partial charge in [0.15, 0.2) is 0 Å². The van der Waals surface area contributed by atoms with Gasteiger partial charge in [0.2, 0.25) is 5.95 Å². The molecule has 0 unspecified atom stereocenters. The van der Waals surface area contributed by atoms with E-state index < -0.39 is 10.0 Å². The fourth-order valence-corrected chi connectivity index (χ4v) is 3.03. The van der Waals surface area contributed by atoms with Crippen LogP contribution in [0.5, 0.6) is 0 Å². The Hall–Kier alpha value is -1.37. The predicted octanol–water partition coefficient (Wildman–Crippen LogP) is 2.89. The first kappa shape index (κ1) is 14.0. The Labute approximate surface area is 120 Å². The van der Waals surface area contributed by atoms with Gasteiger partial charge in [-0.05, 0) is 30.7 Å². The van der Waals surface area contributed by atoms with Gasteiger partial charge in [0.1, 0.15) is 5.15 Å². The summed E-state index contributed by atoms with van der Waals surface area (Å²) in [6.45, 7) is 1.62. The quantitative estimate of drug-likeness (QED) is 0.883. The number of nitrogens with one attached hydrogen (secondary N) is 1. The van der Waals surface area contributed by atoms with Gasteiger partial charge in [-0.25, -0.2) is 23.1 Å². The molecule has 100 valence electrons. The molecule has 0 aliphatic rings. The highest BCUT2D eigenvalue weighted by Crippen LogP contribution is 2.24. The van der Waals surface area contributed by atoms with Crippen molar-refractivity contribution in [2.45, 2.75) is 11.8 Å². The normalized spacial score (nSPS) is 11.3. The molecule has 1 N–H and O–H groups in total. The SMILES string of the molecule is Cc1c(Cl)cccc1S(=O)(=O)Nc1nccc(Cl)n1. The maximum atomic E-state index is 12.2. The summed E-state index contributed by atoms with van der Waals surface area (Å²) in [5, 5.41) is 0.519. The molecule has 0 bridgehead atoms. The maximum Gasteiger partial charge on any atom is 0.264 e. The average molecular weight is 318 g/mol. The van der Waals surface area contributed by atoms with Crippen LogP contribution in [0.3, 0.4) is 0 Å². The molecule has 5 nitrogen and oxygen atoms in total. The summed E-state index contributed by atoms with van der Waals surface area (Å²) in [5.41, 5.74) is 0.457. The molecule has 0 aliphatic heterocycles. The van der Waals surface area contributed by atoms with Gasteiger partial charge < -0.3 is 0 Å². The van der Waals surface area contributed by atoms with Gasteiger partial charge in [-0.1, -0.05) is 29.3 Å². The van der Waals surface area contributed by atoms with Crippen LogP contribution in [0.15, 0.2) is 35.4 Å². The number of nitrogens with zero attached hydrogens (tertiary/aromatic N) is 2. The predicted molar refractivity (Wildman–Crippen MR) is 74.0 cm³/mol. The molecule has 0 radical (unpaired) electrons. The number of rotatable bonds is 3. The van der Waals surface area contributed by atoms with Crippen molar-refractivity contribution in [2.75, 3.05) is 4.72 Å². The van der Waals surface area contributed by atoms with Crippen LogP contribution in [0.2, 0.25) is 10.2 Å². The Morgan fingerprint density at radius 2 is 1.95 bits per heavy atom. The summed E-state index contributed by atoms with van der Waals surface area (Å²) in [5.74, 6) is -0.0909. The molecule has 1 aromatic carbocycles. The second kappa shape index (κ2) is 5.32. The molecule has 0 saturated heterocycles. The summed E-state index contributed by atoms with van der Waals surface area (Å²) in [7, 11) is -3.80. The van der Waals surface area contributed by atoms with Gasteiger partial charge in [0.05, 0.1) is 4.90 Å². The van der Waals surface area contributed by atoms with Crippen molar-refractivity contribution in [1.82, 2.24) is 9.97 Å². The molecule has 2 aromatic rings. The van der Waals surface area contributed by atoms with E-state index in [0.717, 1.165) is 0 Å². The summed E-state index contributed by atoms with van der Waals surface area (Å²) < 4.78 is 26.6. The molecule has 0 spiro atoms. The van der Waals surface area contributed by atoms with Crippen LogP contribution in [-0.4, -0.2) is 18.4 Å². The highest BCUT2D eigenvalue weighted by molar-refractivity contribution is 7.92. The Morgan fingerprint density at radius 3 is 2.63 bits per heavy atom. The summed E-state index contributed by atoms with van der Waals surface area (Å²) in [6.07, 6.45) is 1.36. The zero-order valence-electron chi connectivity index (χ0n) is 9.76. The Bertz CT molecular complexity index is 720. The van der Waals surface area contributed by atoms with Gasteiger partial charge >= 0.3 is 0 Å². The van der Waals surface area contributed by atoms with Crippen LogP contribution in [0.4, 0.5) is 5.95 Å². The molecule has 0 saturated carbocycles. The van der Waals surface area contributed by atoms with Crippen molar-refractivity contribution in [3.63, 3.8) is 0 Å². The van der Waals surface area contributed by atoms with Crippen molar-refractivity contribution in [3.8, 4) is 0 Å². The fraction of sp³-hybridized carbons (Fsp3) is 0.0909. The minimum atomic E-state index is -3.80. The summed E-state index contributed by atoms with van der Waals surface area (Å²) in [4.78, 5) is 7.62. The van der Waals surface area contributed by atoms with Gasteiger partial charge in [-0.15, -0.1) is 0 Å². The van der Waals surface area contributed by atoms with Crippen molar-refractivity contribution >= 4 is 39.2 Å². The monoisotopic (exact) mass is 317 g/mol. The van der Waals surface area contributed by atoms with Gasteiger partial charge in [-0.3, -0.25) is 0 Å². The summed E-state index contributed by atoms with van der Waals surface area (Å²) in [6, 6.07) is 6.08. The standard InChI is InChI=1S/C11H9Cl2N3O2S/c1-7-8(12)3-2-4-9(7)19(17,18)16-11-14-6-5-10(13)15-11/h2-6H,1H3,(H,14,15,16). The first-order chi connectivity index (χ1) is 8.90. The smallest absolute Gasteiger partial charge is 0.247 e. The molecular formula is C11H9Cl2N3O2S. The first-order valence-corrected chi connectivity index (χ1v) is 7.40. The van der Waals surface area contributed by atoms with Gasteiger partial charge in [-0.2, -0.15) is 0 Å². The number of hydrogen-bond donors (Lipinski definition) is 1. The molecule has 1 aromatic heterocycles. The molecule has 8 heteroatoms. The average Bonchev–Trinajstić information content (AvgIpc) is 2.32. The minimum absolute atomic E-state index is 0.0728. The fourth-order valence-electron chi connectivity index (χ4n) is 1.44. The molecular weight excluding hydrogens is 309 g/mol. The van der Waals surface area contributed by atoms with Crippen LogP contribution < -0.4 is 4.72 Å². The lowest BCUT2D eigenvalue weighted by molar-refractivity contribution is 0.600. The number of halogens is 2. The largest absolute Gasteiger partial charge is 0.264 e. The lowest BCUT2D eigenvalue weighted by Gasteiger charge is -2.09. The van der Waals surface area contributed by atoms with E-state index >= 15 is 0 Å². The van der Waals surface area contributed by atoms with E-state index in [0.29, 0.717) is 10.6 Å². The molecule has 0 atom stereocenters. The second-order valence-corrected chi connectivity index (χ2v) is 6.12. The van der Waals surface area contributed by atoms with E-state index in [1.165, 1.54) is 18.3 Å². The molecule has 2 rings (SSSR count). The summed E-state index contributed by atoms with van der Waals surface area (Å²) >= 11 is 11.6. The van der Waals surface area contributed by atoms with Gasteiger partial charge in [0, 0.05) is 11.2 Å². The third-order valence-electron chi connectivity index (χ3n) is 2.35. The van der Waals surface area contributed by atoms with Crippen molar-refractivity contribution in [3.05, 3.63) is 46.2 Å². The van der Waals surface area contributed by atoms with Crippen LogP contribution in [-0.2, 0) is 10.0 Å². The van der Waals surface area contributed by atoms with E-state index in [4.69, 9.17) is 23.2 Å². The lowest BCUT2D eigenvalue weighted by Crippen LogP contribution is -2.16. The van der Waals surface area contributed by atoms with Crippen molar-refractivity contribution < 1.29 is 8.42 Å². The number of aromatic nitrogens is 2. The van der Waals surface area contributed by atoms with Crippen LogP contribution in [0, 0.1) is 6.92 Å². The van der Waals surface area contributed by atoms with Gasteiger partial charge in [0.25, 0.3) is 10.0 Å². The van der Waals surface area contributed by atoms with E-state index in [1.807, 2.05) is 0 Å². The van der Waals surface area contributed by atoms with Crippen molar-refractivity contribution in [2.24, 2.45) is 0 Å².